The minimum Gasteiger partial charge on any atom is -0.478 e. The first kappa shape index (κ1) is 14.7. The molecule has 94 valence electrons. The van der Waals surface area contributed by atoms with Crippen LogP contribution in [-0.4, -0.2) is 36.6 Å². The zero-order valence-corrected chi connectivity index (χ0v) is 9.17. The fraction of sp³-hybridized carbons (Fsp3) is 0.300. The minimum absolute atomic E-state index is 0.173. The third kappa shape index (κ3) is 8.67. The van der Waals surface area contributed by atoms with Crippen molar-refractivity contribution in [3.05, 3.63) is 24.3 Å². The summed E-state index contributed by atoms with van der Waals surface area (Å²) < 4.78 is 13.2. The zero-order chi connectivity index (χ0) is 13.3. The summed E-state index contributed by atoms with van der Waals surface area (Å²) in [5, 5.41) is 8.21. The van der Waals surface area contributed by atoms with E-state index in [4.69, 9.17) is 5.11 Å². The molecule has 0 aromatic carbocycles. The highest BCUT2D eigenvalue weighted by Gasteiger charge is 2.06. The molecule has 0 bridgehead atoms. The number of rotatable bonds is 6. The number of carbonyl (C=O) groups is 3. The van der Waals surface area contributed by atoms with Gasteiger partial charge in [0.2, 0.25) is 6.79 Å². The van der Waals surface area contributed by atoms with Gasteiger partial charge in [-0.3, -0.25) is 0 Å². The maximum absolute atomic E-state index is 10.8. The van der Waals surface area contributed by atoms with Crippen LogP contribution in [0.1, 0.15) is 6.92 Å². The molecule has 0 fully saturated rings. The third-order valence-electron chi connectivity index (χ3n) is 1.27. The van der Waals surface area contributed by atoms with Crippen molar-refractivity contribution < 1.29 is 33.7 Å². The van der Waals surface area contributed by atoms with Gasteiger partial charge in [0, 0.05) is 11.6 Å². The van der Waals surface area contributed by atoms with E-state index in [1.165, 1.54) is 6.92 Å². The van der Waals surface area contributed by atoms with Crippen molar-refractivity contribution in [1.29, 1.82) is 0 Å². The highest BCUT2D eigenvalue weighted by Crippen LogP contribution is 1.93. The Balaban J connectivity index is 3.64. The second kappa shape index (κ2) is 7.91. The molecule has 0 aliphatic rings. The lowest BCUT2D eigenvalue weighted by molar-refractivity contribution is -0.148. The second-order valence-electron chi connectivity index (χ2n) is 2.78. The van der Waals surface area contributed by atoms with E-state index in [2.05, 4.69) is 20.8 Å². The summed E-state index contributed by atoms with van der Waals surface area (Å²) in [6, 6.07) is 0. The van der Waals surface area contributed by atoms with E-state index in [-0.39, 0.29) is 12.2 Å². The fourth-order valence-corrected chi connectivity index (χ4v) is 0.561. The van der Waals surface area contributed by atoms with Gasteiger partial charge in [-0.2, -0.15) is 0 Å². The van der Waals surface area contributed by atoms with Gasteiger partial charge < -0.3 is 19.3 Å². The van der Waals surface area contributed by atoms with Crippen LogP contribution in [-0.2, 0) is 23.8 Å². The van der Waals surface area contributed by atoms with Gasteiger partial charge in [-0.05, 0) is 13.0 Å². The van der Waals surface area contributed by atoms with E-state index < -0.39 is 24.9 Å². The smallest absolute Gasteiger partial charge is 0.478 e. The first-order chi connectivity index (χ1) is 7.93. The Morgan fingerprint density at radius 3 is 2.41 bits per heavy atom. The first-order valence-corrected chi connectivity index (χ1v) is 4.45. The summed E-state index contributed by atoms with van der Waals surface area (Å²) in [4.78, 5) is 31.7. The Bertz CT molecular complexity index is 343. The van der Waals surface area contributed by atoms with Crippen LogP contribution in [0.5, 0.6) is 0 Å². The van der Waals surface area contributed by atoms with Gasteiger partial charge in [-0.25, -0.2) is 14.4 Å². The Hall–Kier alpha value is -2.31. The summed E-state index contributed by atoms with van der Waals surface area (Å²) in [6.45, 7) is 3.92. The van der Waals surface area contributed by atoms with Crippen LogP contribution in [0.3, 0.4) is 0 Å². The van der Waals surface area contributed by atoms with Crippen LogP contribution in [0.15, 0.2) is 24.3 Å². The number of carboxylic acids is 1. The number of aliphatic carboxylic acids is 1. The predicted molar refractivity (Wildman–Crippen MR) is 55.0 cm³/mol. The standard InChI is InChI=1S/C10H12O7/c1-7(2)9(13)16-6-17-10(14)15-5-3-4-8(11)12/h3-4H,1,5-6H2,2H3,(H,11,12)/b4-3-. The maximum atomic E-state index is 10.8. The SMILES string of the molecule is C=C(C)C(=O)OCOC(=O)OC/C=C\C(=O)O. The topological polar surface area (TPSA) is 99.1 Å². The van der Waals surface area contributed by atoms with Crippen molar-refractivity contribution >= 4 is 18.1 Å². The van der Waals surface area contributed by atoms with Gasteiger partial charge >= 0.3 is 18.1 Å². The number of hydrogen-bond acceptors (Lipinski definition) is 6. The molecule has 17 heavy (non-hydrogen) atoms. The van der Waals surface area contributed by atoms with Gasteiger partial charge in [-0.15, -0.1) is 0 Å². The molecular weight excluding hydrogens is 232 g/mol. The van der Waals surface area contributed by atoms with Gasteiger partial charge in [0.25, 0.3) is 0 Å². The van der Waals surface area contributed by atoms with Crippen LogP contribution in [0.4, 0.5) is 4.79 Å². The summed E-state index contributed by atoms with van der Waals surface area (Å²) in [6.07, 6.45) is 0.854. The lowest BCUT2D eigenvalue weighted by Crippen LogP contribution is -2.14. The molecule has 0 saturated heterocycles. The van der Waals surface area contributed by atoms with Crippen LogP contribution < -0.4 is 0 Å². The molecule has 0 aromatic heterocycles. The van der Waals surface area contributed by atoms with Crippen molar-refractivity contribution in [2.24, 2.45) is 0 Å². The summed E-state index contributed by atoms with van der Waals surface area (Å²) >= 11 is 0. The molecule has 0 radical (unpaired) electrons. The second-order valence-corrected chi connectivity index (χ2v) is 2.78. The molecule has 0 spiro atoms. The van der Waals surface area contributed by atoms with E-state index in [9.17, 15) is 14.4 Å². The largest absolute Gasteiger partial charge is 0.511 e. The average molecular weight is 244 g/mol. The van der Waals surface area contributed by atoms with Gasteiger partial charge in [-0.1, -0.05) is 6.58 Å². The highest BCUT2D eigenvalue weighted by atomic mass is 16.8. The van der Waals surface area contributed by atoms with Crippen molar-refractivity contribution in [3.8, 4) is 0 Å². The van der Waals surface area contributed by atoms with Crippen molar-refractivity contribution in [1.82, 2.24) is 0 Å². The van der Waals surface area contributed by atoms with E-state index in [1.807, 2.05) is 0 Å². The number of hydrogen-bond donors (Lipinski definition) is 1. The van der Waals surface area contributed by atoms with E-state index in [1.54, 1.807) is 0 Å². The number of carbonyl (C=O) groups excluding carboxylic acids is 2. The Morgan fingerprint density at radius 2 is 1.88 bits per heavy atom. The predicted octanol–water partition coefficient (Wildman–Crippen LogP) is 0.857. The number of carboxylic acid groups (broad SMARTS) is 1. The number of esters is 1. The molecule has 7 heteroatoms. The lowest BCUT2D eigenvalue weighted by atomic mass is 10.4. The molecule has 0 aromatic rings. The molecule has 0 aliphatic carbocycles. The Labute approximate surface area is 97.3 Å². The molecular formula is C10H12O7. The minimum atomic E-state index is -1.16. The number of ether oxygens (including phenoxy) is 3. The summed E-state index contributed by atoms with van der Waals surface area (Å²) in [7, 11) is 0. The van der Waals surface area contributed by atoms with E-state index in [0.29, 0.717) is 0 Å². The summed E-state index contributed by atoms with van der Waals surface area (Å²) in [5.41, 5.74) is 0.173. The van der Waals surface area contributed by atoms with Crippen LogP contribution >= 0.6 is 0 Å². The van der Waals surface area contributed by atoms with Crippen LogP contribution in [0.25, 0.3) is 0 Å². The van der Waals surface area contributed by atoms with Gasteiger partial charge in [0.05, 0.1) is 0 Å². The van der Waals surface area contributed by atoms with Crippen LogP contribution in [0, 0.1) is 0 Å². The van der Waals surface area contributed by atoms with Crippen molar-refractivity contribution in [2.45, 2.75) is 6.92 Å². The van der Waals surface area contributed by atoms with Crippen molar-refractivity contribution in [3.63, 3.8) is 0 Å². The molecule has 0 unspecified atom stereocenters. The monoisotopic (exact) mass is 244 g/mol. The molecule has 0 atom stereocenters. The molecule has 0 rings (SSSR count). The molecule has 7 nitrogen and oxygen atoms in total. The molecule has 1 N–H and O–H groups in total. The van der Waals surface area contributed by atoms with Gasteiger partial charge in [0.1, 0.15) is 6.61 Å². The quantitative estimate of drug-likeness (QED) is 0.420. The Kier molecular flexibility index (Phi) is 6.84. The Morgan fingerprint density at radius 1 is 1.24 bits per heavy atom. The fourth-order valence-electron chi connectivity index (χ4n) is 0.561. The van der Waals surface area contributed by atoms with E-state index in [0.717, 1.165) is 12.2 Å². The molecule has 0 amide bonds. The molecule has 0 heterocycles. The van der Waals surface area contributed by atoms with Gasteiger partial charge in [0.15, 0.2) is 0 Å². The average Bonchev–Trinajstić information content (AvgIpc) is 2.23. The third-order valence-corrected chi connectivity index (χ3v) is 1.27. The summed E-state index contributed by atoms with van der Waals surface area (Å²) in [5.74, 6) is -1.85. The van der Waals surface area contributed by atoms with Crippen molar-refractivity contribution in [2.75, 3.05) is 13.4 Å². The van der Waals surface area contributed by atoms with E-state index >= 15 is 0 Å². The first-order valence-electron chi connectivity index (χ1n) is 4.45. The normalized spacial score (nSPS) is 9.71. The molecule has 0 saturated carbocycles. The lowest BCUT2D eigenvalue weighted by Gasteiger charge is -2.05. The highest BCUT2D eigenvalue weighted by molar-refractivity contribution is 5.86. The molecule has 0 aliphatic heterocycles. The zero-order valence-electron chi connectivity index (χ0n) is 9.17. The maximum Gasteiger partial charge on any atom is 0.511 e. The van der Waals surface area contributed by atoms with Crippen LogP contribution in [0.2, 0.25) is 0 Å².